The van der Waals surface area contributed by atoms with Crippen molar-refractivity contribution in [3.63, 3.8) is 0 Å². The van der Waals surface area contributed by atoms with Gasteiger partial charge in [0.25, 0.3) is 0 Å². The lowest BCUT2D eigenvalue weighted by Crippen LogP contribution is -2.66. The summed E-state index contributed by atoms with van der Waals surface area (Å²) < 4.78 is 5.96. The summed E-state index contributed by atoms with van der Waals surface area (Å²) in [5.74, 6) is 0.624. The van der Waals surface area contributed by atoms with Crippen LogP contribution in [0.2, 0.25) is 0 Å². The van der Waals surface area contributed by atoms with E-state index in [2.05, 4.69) is 22.3 Å². The number of rotatable bonds is 9. The number of nitrogens with zero attached hydrogens (tertiary/aromatic N) is 1. The van der Waals surface area contributed by atoms with E-state index in [4.69, 9.17) is 10.5 Å². The number of ether oxygens (including phenoxy) is 1. The van der Waals surface area contributed by atoms with Gasteiger partial charge in [0.2, 0.25) is 5.91 Å². The van der Waals surface area contributed by atoms with Crippen LogP contribution in [0.3, 0.4) is 0 Å². The molecule has 0 bridgehead atoms. The third kappa shape index (κ3) is 5.28. The molecule has 0 aliphatic carbocycles. The van der Waals surface area contributed by atoms with Crippen LogP contribution >= 0.6 is 0 Å². The van der Waals surface area contributed by atoms with Gasteiger partial charge < -0.3 is 20.6 Å². The number of aldehydes is 1. The van der Waals surface area contributed by atoms with Crippen LogP contribution in [-0.4, -0.2) is 48.8 Å². The van der Waals surface area contributed by atoms with Crippen molar-refractivity contribution < 1.29 is 14.3 Å². The van der Waals surface area contributed by atoms with Crippen LogP contribution in [0, 0.1) is 11.8 Å². The van der Waals surface area contributed by atoms with E-state index < -0.39 is 5.54 Å². The first kappa shape index (κ1) is 23.5. The van der Waals surface area contributed by atoms with E-state index in [0.29, 0.717) is 25.5 Å². The largest absolute Gasteiger partial charge is 0.489 e. The smallest absolute Gasteiger partial charge is 0.222 e. The fourth-order valence-corrected chi connectivity index (χ4v) is 5.92. The second-order valence-electron chi connectivity index (χ2n) is 9.32. The quantitative estimate of drug-likeness (QED) is 0.575. The molecule has 2 aliphatic heterocycles. The Labute approximate surface area is 196 Å². The molecule has 0 aromatic heterocycles. The number of amides is 1. The van der Waals surface area contributed by atoms with Crippen molar-refractivity contribution in [1.82, 2.24) is 10.2 Å². The van der Waals surface area contributed by atoms with Gasteiger partial charge in [0.1, 0.15) is 18.6 Å². The molecule has 176 valence electrons. The van der Waals surface area contributed by atoms with Crippen molar-refractivity contribution in [2.45, 2.75) is 44.2 Å². The van der Waals surface area contributed by atoms with Crippen LogP contribution in [-0.2, 0) is 22.6 Å². The van der Waals surface area contributed by atoms with Gasteiger partial charge >= 0.3 is 0 Å². The van der Waals surface area contributed by atoms with Gasteiger partial charge in [0.05, 0.1) is 12.5 Å². The number of nitrogens with one attached hydrogen (secondary N) is 1. The Morgan fingerprint density at radius 3 is 2.45 bits per heavy atom. The van der Waals surface area contributed by atoms with Gasteiger partial charge in [-0.25, -0.2) is 0 Å². The SMILES string of the molecule is NC(=O)C1CCCN(CC=O)C1(Cc1ccc(OCc2ccccc2)cc1)C1CCNCC1. The summed E-state index contributed by atoms with van der Waals surface area (Å²) in [7, 11) is 0. The average Bonchev–Trinajstić information content (AvgIpc) is 2.86. The van der Waals surface area contributed by atoms with Crippen molar-refractivity contribution in [2.75, 3.05) is 26.2 Å². The lowest BCUT2D eigenvalue weighted by atomic mass is 9.62. The number of carbonyl (C=O) groups is 2. The van der Waals surface area contributed by atoms with Crippen LogP contribution in [0.4, 0.5) is 0 Å². The Kier molecular flexibility index (Phi) is 7.78. The number of primary amides is 1. The molecule has 2 fully saturated rings. The number of likely N-dealkylation sites (tertiary alicyclic amines) is 1. The highest BCUT2D eigenvalue weighted by Crippen LogP contribution is 2.45. The third-order valence-electron chi connectivity index (χ3n) is 7.46. The first-order chi connectivity index (χ1) is 16.1. The molecule has 2 aromatic rings. The van der Waals surface area contributed by atoms with E-state index >= 15 is 0 Å². The van der Waals surface area contributed by atoms with Crippen molar-refractivity contribution in [1.29, 1.82) is 0 Å². The molecule has 1 amide bonds. The number of carbonyl (C=O) groups excluding carboxylic acids is 2. The first-order valence-corrected chi connectivity index (χ1v) is 12.1. The van der Waals surface area contributed by atoms with E-state index in [1.54, 1.807) is 0 Å². The Morgan fingerprint density at radius 1 is 1.06 bits per heavy atom. The summed E-state index contributed by atoms with van der Waals surface area (Å²) in [4.78, 5) is 26.6. The van der Waals surface area contributed by atoms with Gasteiger partial charge in [-0.3, -0.25) is 9.69 Å². The van der Waals surface area contributed by atoms with Crippen molar-refractivity contribution in [3.8, 4) is 5.75 Å². The molecule has 0 radical (unpaired) electrons. The Morgan fingerprint density at radius 2 is 1.79 bits per heavy atom. The second-order valence-corrected chi connectivity index (χ2v) is 9.32. The molecule has 0 spiro atoms. The predicted molar refractivity (Wildman–Crippen MR) is 129 cm³/mol. The number of hydrogen-bond acceptors (Lipinski definition) is 5. The maximum Gasteiger partial charge on any atom is 0.222 e. The molecular weight excluding hydrogens is 414 g/mol. The highest BCUT2D eigenvalue weighted by molar-refractivity contribution is 5.78. The standard InChI is InChI=1S/C27H35N3O3/c28-26(32)25-7-4-16-30(17-18-31)27(25,23-12-14-29-15-13-23)19-21-8-10-24(11-9-21)33-20-22-5-2-1-3-6-22/h1-3,5-6,8-11,18,23,25,29H,4,7,12-17,19-20H2,(H2,28,32). The monoisotopic (exact) mass is 449 g/mol. The van der Waals surface area contributed by atoms with Crippen LogP contribution in [0.15, 0.2) is 54.6 Å². The molecule has 3 N–H and O–H groups in total. The fraction of sp³-hybridized carbons (Fsp3) is 0.481. The number of piperidine rings is 2. The van der Waals surface area contributed by atoms with Crippen LogP contribution in [0.5, 0.6) is 5.75 Å². The average molecular weight is 450 g/mol. The molecular formula is C27H35N3O3. The Bertz CT molecular complexity index is 912. The number of benzene rings is 2. The Hall–Kier alpha value is -2.70. The molecule has 2 unspecified atom stereocenters. The summed E-state index contributed by atoms with van der Waals surface area (Å²) >= 11 is 0. The Balaban J connectivity index is 1.59. The van der Waals surface area contributed by atoms with Gasteiger partial charge in [0.15, 0.2) is 0 Å². The normalized spacial score (nSPS) is 24.3. The van der Waals surface area contributed by atoms with Crippen LogP contribution in [0.1, 0.15) is 36.8 Å². The van der Waals surface area contributed by atoms with Crippen molar-refractivity contribution >= 4 is 12.2 Å². The number of hydrogen-bond donors (Lipinski definition) is 2. The minimum Gasteiger partial charge on any atom is -0.489 e. The highest BCUT2D eigenvalue weighted by atomic mass is 16.5. The molecule has 6 nitrogen and oxygen atoms in total. The van der Waals surface area contributed by atoms with Gasteiger partial charge in [0, 0.05) is 5.54 Å². The zero-order valence-corrected chi connectivity index (χ0v) is 19.2. The van der Waals surface area contributed by atoms with Gasteiger partial charge in [-0.05, 0) is 80.9 Å². The number of nitrogens with two attached hydrogens (primary N) is 1. The zero-order chi connectivity index (χ0) is 23.1. The molecule has 4 rings (SSSR count). The molecule has 2 aromatic carbocycles. The summed E-state index contributed by atoms with van der Waals surface area (Å²) in [6.07, 6.45) is 5.32. The lowest BCUT2D eigenvalue weighted by Gasteiger charge is -2.56. The van der Waals surface area contributed by atoms with E-state index in [1.165, 1.54) is 0 Å². The summed E-state index contributed by atoms with van der Waals surface area (Å²) in [5, 5.41) is 3.44. The van der Waals surface area contributed by atoms with Gasteiger partial charge in [-0.2, -0.15) is 0 Å². The lowest BCUT2D eigenvalue weighted by molar-refractivity contribution is -0.138. The maximum atomic E-state index is 12.7. The zero-order valence-electron chi connectivity index (χ0n) is 19.2. The first-order valence-electron chi connectivity index (χ1n) is 12.1. The van der Waals surface area contributed by atoms with E-state index in [1.807, 2.05) is 42.5 Å². The third-order valence-corrected chi connectivity index (χ3v) is 7.46. The maximum absolute atomic E-state index is 12.7. The molecule has 0 saturated carbocycles. The minimum absolute atomic E-state index is 0.244. The summed E-state index contributed by atoms with van der Waals surface area (Å²) in [5.41, 5.74) is 7.83. The van der Waals surface area contributed by atoms with E-state index in [0.717, 1.165) is 68.5 Å². The summed E-state index contributed by atoms with van der Waals surface area (Å²) in [6, 6.07) is 18.3. The molecule has 2 aliphatic rings. The summed E-state index contributed by atoms with van der Waals surface area (Å²) in [6.45, 7) is 3.55. The van der Waals surface area contributed by atoms with Gasteiger partial charge in [-0.1, -0.05) is 42.5 Å². The van der Waals surface area contributed by atoms with Crippen LogP contribution < -0.4 is 15.8 Å². The molecule has 2 heterocycles. The molecule has 2 saturated heterocycles. The van der Waals surface area contributed by atoms with Crippen LogP contribution in [0.25, 0.3) is 0 Å². The molecule has 6 heteroatoms. The molecule has 2 atom stereocenters. The van der Waals surface area contributed by atoms with E-state index in [-0.39, 0.29) is 11.8 Å². The predicted octanol–water partition coefficient (Wildman–Crippen LogP) is 2.94. The van der Waals surface area contributed by atoms with E-state index in [9.17, 15) is 9.59 Å². The highest BCUT2D eigenvalue weighted by Gasteiger charge is 2.53. The topological polar surface area (TPSA) is 84.7 Å². The van der Waals surface area contributed by atoms with Crippen molar-refractivity contribution in [3.05, 3.63) is 65.7 Å². The van der Waals surface area contributed by atoms with Crippen molar-refractivity contribution in [2.24, 2.45) is 17.6 Å². The molecule has 33 heavy (non-hydrogen) atoms. The van der Waals surface area contributed by atoms with Gasteiger partial charge in [-0.15, -0.1) is 0 Å². The second kappa shape index (κ2) is 10.9. The minimum atomic E-state index is -0.431. The fourth-order valence-electron chi connectivity index (χ4n) is 5.92.